The van der Waals surface area contributed by atoms with E-state index in [1.54, 1.807) is 25.1 Å². The van der Waals surface area contributed by atoms with Crippen molar-refractivity contribution in [1.29, 1.82) is 0 Å². The van der Waals surface area contributed by atoms with Gasteiger partial charge in [-0.15, -0.1) is 0 Å². The molecule has 21 heavy (non-hydrogen) atoms. The Morgan fingerprint density at radius 2 is 1.90 bits per heavy atom. The maximum absolute atomic E-state index is 11.3. The fourth-order valence-electron chi connectivity index (χ4n) is 1.77. The highest BCUT2D eigenvalue weighted by Gasteiger charge is 2.18. The van der Waals surface area contributed by atoms with Crippen LogP contribution in [-0.2, 0) is 0 Å². The van der Waals surface area contributed by atoms with E-state index in [1.807, 2.05) is 0 Å². The Bertz CT molecular complexity index is 728. The Hall–Kier alpha value is -2.40. The number of nitrogens with zero attached hydrogens (tertiary/aromatic N) is 1. The Morgan fingerprint density at radius 3 is 2.52 bits per heavy atom. The van der Waals surface area contributed by atoms with Gasteiger partial charge in [-0.2, -0.15) is 0 Å². The number of aryl methyl sites for hydroxylation is 1. The highest BCUT2D eigenvalue weighted by Crippen LogP contribution is 2.34. The molecule has 2 aromatic rings. The van der Waals surface area contributed by atoms with E-state index in [4.69, 9.17) is 16.3 Å². The predicted molar refractivity (Wildman–Crippen MR) is 79.4 cm³/mol. The van der Waals surface area contributed by atoms with Crippen molar-refractivity contribution in [2.75, 3.05) is 0 Å². The standard InChI is InChI=1S/C15H12ClNO4/c1-9-3-5-12(16)8-15(9)21-14-6-4-11(10(2)18)7-13(14)17(19)20/h3-8H,1-2H3. The topological polar surface area (TPSA) is 69.4 Å². The van der Waals surface area contributed by atoms with Gasteiger partial charge in [-0.05, 0) is 43.7 Å². The molecule has 5 nitrogen and oxygen atoms in total. The molecule has 0 unspecified atom stereocenters. The molecule has 0 aliphatic heterocycles. The molecule has 2 rings (SSSR count). The number of carbonyl (C=O) groups is 1. The maximum Gasteiger partial charge on any atom is 0.312 e. The lowest BCUT2D eigenvalue weighted by atomic mass is 10.1. The summed E-state index contributed by atoms with van der Waals surface area (Å²) in [5, 5.41) is 11.6. The summed E-state index contributed by atoms with van der Waals surface area (Å²) in [7, 11) is 0. The molecule has 0 amide bonds. The SMILES string of the molecule is CC(=O)c1ccc(Oc2cc(Cl)ccc2C)c([N+](=O)[O-])c1. The van der Waals surface area contributed by atoms with Crippen LogP contribution in [0.1, 0.15) is 22.8 Å². The van der Waals surface area contributed by atoms with Crippen molar-refractivity contribution < 1.29 is 14.5 Å². The van der Waals surface area contributed by atoms with Crippen LogP contribution in [0.25, 0.3) is 0 Å². The summed E-state index contributed by atoms with van der Waals surface area (Å²) in [5.74, 6) is 0.250. The lowest BCUT2D eigenvalue weighted by Gasteiger charge is -2.10. The van der Waals surface area contributed by atoms with E-state index in [0.717, 1.165) is 5.56 Å². The number of ether oxygens (including phenoxy) is 1. The van der Waals surface area contributed by atoms with Crippen LogP contribution in [-0.4, -0.2) is 10.7 Å². The van der Waals surface area contributed by atoms with Crippen LogP contribution >= 0.6 is 11.6 Å². The number of carbonyl (C=O) groups excluding carboxylic acids is 1. The van der Waals surface area contributed by atoms with E-state index in [2.05, 4.69) is 0 Å². The van der Waals surface area contributed by atoms with Gasteiger partial charge in [-0.25, -0.2) is 0 Å². The van der Waals surface area contributed by atoms with E-state index >= 15 is 0 Å². The molecule has 0 aromatic heterocycles. The molecular weight excluding hydrogens is 294 g/mol. The maximum atomic E-state index is 11.3. The number of rotatable bonds is 4. The number of hydrogen-bond acceptors (Lipinski definition) is 4. The van der Waals surface area contributed by atoms with E-state index in [1.165, 1.54) is 25.1 Å². The summed E-state index contributed by atoms with van der Waals surface area (Å²) >= 11 is 5.89. The highest BCUT2D eigenvalue weighted by atomic mass is 35.5. The number of nitro groups is 1. The Morgan fingerprint density at radius 1 is 1.19 bits per heavy atom. The van der Waals surface area contributed by atoms with E-state index < -0.39 is 4.92 Å². The number of benzene rings is 2. The van der Waals surface area contributed by atoms with Crippen molar-refractivity contribution in [3.63, 3.8) is 0 Å². The van der Waals surface area contributed by atoms with E-state index in [-0.39, 0.29) is 22.8 Å². The molecule has 0 heterocycles. The molecule has 0 saturated carbocycles. The van der Waals surface area contributed by atoms with Gasteiger partial charge in [0.1, 0.15) is 5.75 Å². The van der Waals surface area contributed by atoms with Crippen LogP contribution in [0, 0.1) is 17.0 Å². The van der Waals surface area contributed by atoms with Gasteiger partial charge in [-0.1, -0.05) is 17.7 Å². The molecule has 0 spiro atoms. The first kappa shape index (κ1) is 15.0. The lowest BCUT2D eigenvalue weighted by Crippen LogP contribution is -1.98. The second-order valence-corrected chi connectivity index (χ2v) is 4.94. The first-order valence-corrected chi connectivity index (χ1v) is 6.49. The number of ketones is 1. The van der Waals surface area contributed by atoms with Gasteiger partial charge in [-0.3, -0.25) is 14.9 Å². The van der Waals surface area contributed by atoms with E-state index in [0.29, 0.717) is 10.8 Å². The zero-order valence-corrected chi connectivity index (χ0v) is 12.2. The van der Waals surface area contributed by atoms with Gasteiger partial charge in [0.05, 0.1) is 4.92 Å². The summed E-state index contributed by atoms with van der Waals surface area (Å²) < 4.78 is 5.58. The monoisotopic (exact) mass is 305 g/mol. The average Bonchev–Trinajstić information content (AvgIpc) is 2.42. The Labute approximate surface area is 126 Å². The molecule has 0 bridgehead atoms. The van der Waals surface area contributed by atoms with Crippen molar-refractivity contribution in [1.82, 2.24) is 0 Å². The van der Waals surface area contributed by atoms with E-state index in [9.17, 15) is 14.9 Å². The molecule has 108 valence electrons. The predicted octanol–water partition coefficient (Wildman–Crippen LogP) is 4.55. The summed E-state index contributed by atoms with van der Waals surface area (Å²) in [4.78, 5) is 21.9. The van der Waals surface area contributed by atoms with Crippen molar-refractivity contribution >= 4 is 23.1 Å². The quantitative estimate of drug-likeness (QED) is 0.472. The zero-order chi connectivity index (χ0) is 15.6. The molecule has 2 aromatic carbocycles. The van der Waals surface area contributed by atoms with Crippen LogP contribution in [0.15, 0.2) is 36.4 Å². The number of halogens is 1. The Balaban J connectivity index is 2.46. The van der Waals surface area contributed by atoms with Crippen molar-refractivity contribution in [3.05, 3.63) is 62.7 Å². The average molecular weight is 306 g/mol. The van der Waals surface area contributed by atoms with Gasteiger partial charge in [0, 0.05) is 16.7 Å². The van der Waals surface area contributed by atoms with Crippen molar-refractivity contribution in [3.8, 4) is 11.5 Å². The second-order valence-electron chi connectivity index (χ2n) is 4.51. The summed E-state index contributed by atoms with van der Waals surface area (Å²) in [6.07, 6.45) is 0. The summed E-state index contributed by atoms with van der Waals surface area (Å²) in [5.41, 5.74) is 0.795. The van der Waals surface area contributed by atoms with Crippen LogP contribution in [0.5, 0.6) is 11.5 Å². The fraction of sp³-hybridized carbons (Fsp3) is 0.133. The van der Waals surface area contributed by atoms with Crippen molar-refractivity contribution in [2.24, 2.45) is 0 Å². The molecule has 0 radical (unpaired) electrons. The van der Waals surface area contributed by atoms with Gasteiger partial charge < -0.3 is 4.74 Å². The molecule has 0 aliphatic rings. The van der Waals surface area contributed by atoms with Crippen LogP contribution < -0.4 is 4.74 Å². The molecular formula is C15H12ClNO4. The third-order valence-electron chi connectivity index (χ3n) is 2.93. The minimum absolute atomic E-state index is 0.0652. The second kappa shape index (κ2) is 5.93. The van der Waals surface area contributed by atoms with Crippen LogP contribution in [0.2, 0.25) is 5.02 Å². The molecule has 0 aliphatic carbocycles. The molecule has 0 atom stereocenters. The third kappa shape index (κ3) is 3.38. The normalized spacial score (nSPS) is 10.2. The molecule has 0 fully saturated rings. The summed E-state index contributed by atoms with van der Waals surface area (Å²) in [6.45, 7) is 3.15. The van der Waals surface area contributed by atoms with Gasteiger partial charge in [0.15, 0.2) is 5.78 Å². The smallest absolute Gasteiger partial charge is 0.312 e. The lowest BCUT2D eigenvalue weighted by molar-refractivity contribution is -0.385. The van der Waals surface area contributed by atoms with Gasteiger partial charge in [0.25, 0.3) is 0 Å². The first-order valence-electron chi connectivity index (χ1n) is 6.12. The molecule has 6 heteroatoms. The van der Waals surface area contributed by atoms with Crippen molar-refractivity contribution in [2.45, 2.75) is 13.8 Å². The number of nitro benzene ring substituents is 1. The minimum atomic E-state index is -0.582. The summed E-state index contributed by atoms with van der Waals surface area (Å²) in [6, 6.07) is 9.15. The first-order chi connectivity index (χ1) is 9.88. The molecule has 0 saturated heterocycles. The number of Topliss-reactive ketones (excluding diaryl/α,β-unsaturated/α-hetero) is 1. The Kier molecular flexibility index (Phi) is 4.23. The van der Waals surface area contributed by atoms with Crippen LogP contribution in [0.4, 0.5) is 5.69 Å². The number of hydrogen-bond donors (Lipinski definition) is 0. The fourth-order valence-corrected chi connectivity index (χ4v) is 1.93. The van der Waals surface area contributed by atoms with Gasteiger partial charge in [0.2, 0.25) is 5.75 Å². The zero-order valence-electron chi connectivity index (χ0n) is 11.4. The minimum Gasteiger partial charge on any atom is -0.450 e. The van der Waals surface area contributed by atoms with Crippen LogP contribution in [0.3, 0.4) is 0 Å². The van der Waals surface area contributed by atoms with Gasteiger partial charge >= 0.3 is 5.69 Å². The highest BCUT2D eigenvalue weighted by molar-refractivity contribution is 6.30. The third-order valence-corrected chi connectivity index (χ3v) is 3.17. The largest absolute Gasteiger partial charge is 0.450 e. The molecule has 0 N–H and O–H groups in total.